The molecule has 5 aliphatic rings. The number of sulfonamides is 1. The van der Waals surface area contributed by atoms with Crippen molar-refractivity contribution >= 4 is 45.2 Å². The first-order valence-corrected chi connectivity index (χ1v) is 25.8. The molecule has 4 fully saturated rings. The second kappa shape index (κ2) is 19.1. The van der Waals surface area contributed by atoms with Gasteiger partial charge in [-0.1, -0.05) is 26.0 Å². The van der Waals surface area contributed by atoms with E-state index in [0.29, 0.717) is 53.4 Å². The van der Waals surface area contributed by atoms with E-state index in [0.717, 1.165) is 4.90 Å². The molecular formula is C48H59F3N6O10S2. The lowest BCUT2D eigenvalue weighted by atomic mass is 9.82. The van der Waals surface area contributed by atoms with E-state index in [1.54, 1.807) is 48.8 Å². The van der Waals surface area contributed by atoms with Crippen LogP contribution in [0.2, 0.25) is 0 Å². The normalized spacial score (nSPS) is 29.9. The number of amides is 4. The van der Waals surface area contributed by atoms with E-state index in [1.165, 1.54) is 18.3 Å². The first kappa shape index (κ1) is 50.1. The number of ether oxygens (including phenoxy) is 3. The summed E-state index contributed by atoms with van der Waals surface area (Å²) in [4.78, 5) is 68.7. The lowest BCUT2D eigenvalue weighted by Crippen LogP contribution is -2.71. The molecule has 5 heterocycles. The van der Waals surface area contributed by atoms with Gasteiger partial charge in [0.1, 0.15) is 45.9 Å². The summed E-state index contributed by atoms with van der Waals surface area (Å²) < 4.78 is 92.3. The number of benzene rings is 1. The van der Waals surface area contributed by atoms with Gasteiger partial charge in [-0.3, -0.25) is 24.0 Å². The summed E-state index contributed by atoms with van der Waals surface area (Å²) in [7, 11) is -4.16. The fraction of sp³-hybridized carbons (Fsp3) is 0.583. The van der Waals surface area contributed by atoms with E-state index >= 15 is 18.0 Å². The average Bonchev–Trinajstić information content (AvgIpc) is 4.04. The van der Waals surface area contributed by atoms with Crippen LogP contribution in [-0.2, 0) is 29.1 Å². The molecular weight excluding hydrogens is 942 g/mol. The van der Waals surface area contributed by atoms with Crippen molar-refractivity contribution in [2.75, 3.05) is 19.8 Å². The Morgan fingerprint density at radius 2 is 1.80 bits per heavy atom. The van der Waals surface area contributed by atoms with E-state index in [-0.39, 0.29) is 61.5 Å². The number of allylic oxidation sites excluding steroid dienone is 1. The molecule has 8 rings (SSSR count). The monoisotopic (exact) mass is 1000 g/mol. The SMILES string of the molecule is CC(C)Oc1ccc(-c2cc(O[C@@H]3C[C@H]4C(=O)N[C@]5(C(=O)NS(=O)(=O)C6(C)CC6)C[C@H]5/C=C\CC[C@@H](C)C[C@@H](C)[C@H](N(C(=O)O)C5(C(F)(F)F)CCCOC5)C(=O)N4C3)cc(-c3nccs3)n2)cc1. The van der Waals surface area contributed by atoms with Crippen LogP contribution >= 0.6 is 11.3 Å². The molecule has 21 heteroatoms. The predicted octanol–water partition coefficient (Wildman–Crippen LogP) is 7.35. The Bertz CT molecular complexity index is 2550. The first-order chi connectivity index (χ1) is 32.6. The molecule has 1 aromatic carbocycles. The number of hydrogen-bond acceptors (Lipinski definition) is 12. The topological polar surface area (TPSA) is 207 Å². The Morgan fingerprint density at radius 3 is 2.42 bits per heavy atom. The Labute approximate surface area is 403 Å². The molecule has 2 aromatic heterocycles. The van der Waals surface area contributed by atoms with Gasteiger partial charge in [0.05, 0.1) is 29.7 Å². The van der Waals surface area contributed by atoms with Gasteiger partial charge in [0.25, 0.3) is 5.91 Å². The minimum atomic E-state index is -5.17. The highest BCUT2D eigenvalue weighted by atomic mass is 32.2. The Kier molecular flexibility index (Phi) is 13.9. The summed E-state index contributed by atoms with van der Waals surface area (Å²) >= 11 is 1.33. The number of carbonyl (C=O) groups is 4. The number of nitrogens with one attached hydrogen (secondary N) is 2. The van der Waals surface area contributed by atoms with Crippen LogP contribution in [0.4, 0.5) is 18.0 Å². The van der Waals surface area contributed by atoms with Crippen molar-refractivity contribution in [3.05, 3.63) is 60.1 Å². The van der Waals surface area contributed by atoms with Crippen LogP contribution < -0.4 is 19.5 Å². The fourth-order valence-corrected chi connectivity index (χ4v) is 11.9. The Balaban J connectivity index is 1.20. The second-order valence-electron chi connectivity index (χ2n) is 19.8. The van der Waals surface area contributed by atoms with Gasteiger partial charge in [-0.15, -0.1) is 11.3 Å². The molecule has 8 atom stereocenters. The lowest BCUT2D eigenvalue weighted by Gasteiger charge is -2.50. The zero-order valence-electron chi connectivity index (χ0n) is 39.2. The number of carbonyl (C=O) groups excluding carboxylic acids is 3. The van der Waals surface area contributed by atoms with Crippen LogP contribution in [0.15, 0.2) is 60.1 Å². The summed E-state index contributed by atoms with van der Waals surface area (Å²) in [5, 5.41) is 16.0. The fourth-order valence-electron chi connectivity index (χ4n) is 9.99. The van der Waals surface area contributed by atoms with Gasteiger partial charge < -0.3 is 29.5 Å². The van der Waals surface area contributed by atoms with Crippen LogP contribution in [0, 0.1) is 17.8 Å². The number of thiazole rings is 1. The van der Waals surface area contributed by atoms with Gasteiger partial charge in [0.2, 0.25) is 21.8 Å². The molecule has 2 saturated carbocycles. The van der Waals surface area contributed by atoms with E-state index in [2.05, 4.69) is 15.0 Å². The molecule has 0 bridgehead atoms. The number of hydrogen-bond donors (Lipinski definition) is 3. The molecule has 2 saturated heterocycles. The summed E-state index contributed by atoms with van der Waals surface area (Å²) in [6, 6.07) is 7.11. The number of rotatable bonds is 11. The minimum Gasteiger partial charge on any atom is -0.491 e. The number of nitrogens with zero attached hydrogens (tertiary/aromatic N) is 4. The van der Waals surface area contributed by atoms with Gasteiger partial charge in [0.15, 0.2) is 5.54 Å². The van der Waals surface area contributed by atoms with Gasteiger partial charge >= 0.3 is 12.3 Å². The standard InChI is InChI=1S/C48H59F3N6O10S2/c1-28(2)66-33-13-11-31(12-14-33)36-22-34(23-37(53-36)41-52-18-20-68-41)67-35-24-38-40(58)54-47(43(60)55-69(63,64)45(5)16-17-45)25-32(47)10-7-6-9-29(3)21-30(4)39(42(59)56(38)26-35)57(44(61)62)46(48(49,50)51)15-8-19-65-27-46/h7,10-14,18,20,22-23,28-30,32,35,38-39H,6,8-9,15-17,19,21,24-27H2,1-5H3,(H,54,58)(H,55,60)(H,61,62)/b10-7-/t29-,30-,32-,35-,38+,39+,46?,47-/m1/s1. The number of aromatic nitrogens is 2. The molecule has 374 valence electrons. The highest BCUT2D eigenvalue weighted by molar-refractivity contribution is 7.91. The van der Waals surface area contributed by atoms with Crippen LogP contribution in [-0.4, -0.2) is 123 Å². The summed E-state index contributed by atoms with van der Waals surface area (Å²) in [5.41, 5.74) is -3.21. The Hall–Kier alpha value is -5.28. The van der Waals surface area contributed by atoms with Crippen molar-refractivity contribution in [1.82, 2.24) is 29.8 Å². The van der Waals surface area contributed by atoms with Crippen molar-refractivity contribution in [3.63, 3.8) is 0 Å². The number of halogens is 3. The zero-order chi connectivity index (χ0) is 49.7. The van der Waals surface area contributed by atoms with Crippen LogP contribution in [0.25, 0.3) is 22.0 Å². The number of carboxylic acid groups (broad SMARTS) is 1. The molecule has 16 nitrogen and oxygen atoms in total. The third-order valence-electron chi connectivity index (χ3n) is 14.2. The van der Waals surface area contributed by atoms with Crippen LogP contribution in [0.3, 0.4) is 0 Å². The summed E-state index contributed by atoms with van der Waals surface area (Å²) in [5.74, 6) is -3.83. The smallest absolute Gasteiger partial charge is 0.414 e. The average molecular weight is 1000 g/mol. The van der Waals surface area contributed by atoms with Crippen molar-refractivity contribution in [2.24, 2.45) is 17.8 Å². The molecule has 4 amide bonds. The van der Waals surface area contributed by atoms with Crippen molar-refractivity contribution < 1.29 is 60.1 Å². The first-order valence-electron chi connectivity index (χ1n) is 23.4. The second-order valence-corrected chi connectivity index (χ2v) is 22.9. The molecule has 69 heavy (non-hydrogen) atoms. The van der Waals surface area contributed by atoms with Gasteiger partial charge in [-0.2, -0.15) is 13.2 Å². The van der Waals surface area contributed by atoms with E-state index in [9.17, 15) is 27.9 Å². The third-order valence-corrected chi connectivity index (χ3v) is 17.1. The summed E-state index contributed by atoms with van der Waals surface area (Å²) in [6.45, 7) is 7.31. The molecule has 1 unspecified atom stereocenters. The van der Waals surface area contributed by atoms with Crippen molar-refractivity contribution in [2.45, 2.75) is 139 Å². The lowest BCUT2D eigenvalue weighted by molar-refractivity contribution is -0.260. The highest BCUT2D eigenvalue weighted by Crippen LogP contribution is 2.49. The zero-order valence-corrected chi connectivity index (χ0v) is 40.8. The molecule has 3 aromatic rings. The quantitative estimate of drug-likeness (QED) is 0.161. The van der Waals surface area contributed by atoms with Crippen LogP contribution in [0.1, 0.15) is 92.4 Å². The Morgan fingerprint density at radius 1 is 1.07 bits per heavy atom. The molecule has 3 N–H and O–H groups in total. The van der Waals surface area contributed by atoms with E-state index in [1.807, 2.05) is 39.0 Å². The number of alkyl halides is 3. The maximum absolute atomic E-state index is 15.5. The van der Waals surface area contributed by atoms with E-state index < -0.39 is 98.9 Å². The maximum Gasteiger partial charge on any atom is 0.414 e. The molecule has 0 radical (unpaired) electrons. The largest absolute Gasteiger partial charge is 0.491 e. The molecule has 3 aliphatic heterocycles. The van der Waals surface area contributed by atoms with Crippen LogP contribution in [0.5, 0.6) is 11.5 Å². The number of pyridine rings is 1. The minimum absolute atomic E-state index is 0.0346. The molecule has 2 aliphatic carbocycles. The van der Waals surface area contributed by atoms with Crippen molar-refractivity contribution in [1.29, 1.82) is 0 Å². The highest BCUT2D eigenvalue weighted by Gasteiger charge is 2.66. The predicted molar refractivity (Wildman–Crippen MR) is 249 cm³/mol. The van der Waals surface area contributed by atoms with Crippen molar-refractivity contribution in [3.8, 4) is 33.5 Å². The third kappa shape index (κ3) is 10.2. The van der Waals surface area contributed by atoms with E-state index in [4.69, 9.17) is 19.2 Å². The maximum atomic E-state index is 15.5. The van der Waals surface area contributed by atoms with Gasteiger partial charge in [-0.05, 0) is 108 Å². The van der Waals surface area contributed by atoms with Gasteiger partial charge in [0, 0.05) is 48.2 Å². The number of fused-ring (bicyclic) bond motifs is 2. The summed E-state index contributed by atoms with van der Waals surface area (Å²) in [6.07, 6.45) is -2.25. The molecule has 0 spiro atoms. The van der Waals surface area contributed by atoms with Gasteiger partial charge in [-0.25, -0.2) is 23.2 Å².